The molecule has 4 nitrogen and oxygen atoms in total. The molecular formula is C14H20N2O2. The molecule has 0 radical (unpaired) electrons. The average Bonchev–Trinajstić information content (AvgIpc) is 2.40. The summed E-state index contributed by atoms with van der Waals surface area (Å²) < 4.78 is 0. The molecule has 1 fully saturated rings. The van der Waals surface area contributed by atoms with Gasteiger partial charge in [-0.05, 0) is 17.9 Å². The highest BCUT2D eigenvalue weighted by Crippen LogP contribution is 2.22. The first-order valence-corrected chi connectivity index (χ1v) is 6.36. The van der Waals surface area contributed by atoms with Gasteiger partial charge < -0.3 is 10.3 Å². The van der Waals surface area contributed by atoms with Crippen LogP contribution in [0.1, 0.15) is 12.0 Å². The number of nitrogens with zero attached hydrogens (tertiary/aromatic N) is 2. The number of rotatable bonds is 4. The summed E-state index contributed by atoms with van der Waals surface area (Å²) >= 11 is 0. The summed E-state index contributed by atoms with van der Waals surface area (Å²) in [4.78, 5) is 2.31. The molecule has 1 saturated heterocycles. The molecule has 2 N–H and O–H groups in total. The number of hydrogen-bond donors (Lipinski definition) is 2. The molecule has 0 bridgehead atoms. The summed E-state index contributed by atoms with van der Waals surface area (Å²) in [6.07, 6.45) is 2.48. The zero-order chi connectivity index (χ0) is 12.8. The van der Waals surface area contributed by atoms with Gasteiger partial charge >= 0.3 is 0 Å². The first kappa shape index (κ1) is 13.1. The Kier molecular flexibility index (Phi) is 4.73. The Labute approximate surface area is 108 Å². The monoisotopic (exact) mass is 248 g/mol. The third kappa shape index (κ3) is 3.55. The number of piperidine rings is 1. The van der Waals surface area contributed by atoms with Gasteiger partial charge in [0, 0.05) is 38.4 Å². The Morgan fingerprint density at radius 1 is 1.28 bits per heavy atom. The summed E-state index contributed by atoms with van der Waals surface area (Å²) in [5, 5.41) is 21.1. The third-order valence-electron chi connectivity index (χ3n) is 3.43. The van der Waals surface area contributed by atoms with Crippen LogP contribution in [0.2, 0.25) is 0 Å². The molecule has 0 saturated carbocycles. The Morgan fingerprint density at radius 2 is 2.06 bits per heavy atom. The third-order valence-corrected chi connectivity index (χ3v) is 3.43. The van der Waals surface area contributed by atoms with Crippen LogP contribution < -0.4 is 0 Å². The topological polar surface area (TPSA) is 56.1 Å². The minimum Gasteiger partial charge on any atom is -0.411 e. The summed E-state index contributed by atoms with van der Waals surface area (Å²) in [5.41, 5.74) is 1.27. The van der Waals surface area contributed by atoms with Gasteiger partial charge in [-0.3, -0.25) is 4.90 Å². The van der Waals surface area contributed by atoms with Crippen LogP contribution >= 0.6 is 0 Å². The van der Waals surface area contributed by atoms with Crippen molar-refractivity contribution in [3.8, 4) is 0 Å². The molecule has 2 unspecified atom stereocenters. The van der Waals surface area contributed by atoms with E-state index >= 15 is 0 Å². The van der Waals surface area contributed by atoms with E-state index in [-0.39, 0.29) is 18.4 Å². The fourth-order valence-electron chi connectivity index (χ4n) is 2.65. The van der Waals surface area contributed by atoms with Crippen LogP contribution in [0.5, 0.6) is 0 Å². The molecule has 0 amide bonds. The first-order chi connectivity index (χ1) is 8.81. The zero-order valence-electron chi connectivity index (χ0n) is 10.4. The molecule has 2 rings (SSSR count). The van der Waals surface area contributed by atoms with Gasteiger partial charge in [0.25, 0.3) is 0 Å². The molecule has 98 valence electrons. The molecule has 1 aliphatic rings. The lowest BCUT2D eigenvalue weighted by atomic mass is 9.90. The zero-order valence-corrected chi connectivity index (χ0v) is 10.4. The molecule has 0 aromatic heterocycles. The van der Waals surface area contributed by atoms with E-state index in [1.165, 1.54) is 5.56 Å². The number of benzene rings is 1. The van der Waals surface area contributed by atoms with E-state index in [0.29, 0.717) is 0 Å². The summed E-state index contributed by atoms with van der Waals surface area (Å²) in [5.74, 6) is 0.495. The molecule has 1 aliphatic heterocycles. The number of oxime groups is 1. The van der Waals surface area contributed by atoms with Crippen molar-refractivity contribution in [2.24, 2.45) is 17.0 Å². The van der Waals surface area contributed by atoms with Crippen LogP contribution in [-0.4, -0.2) is 41.1 Å². The fraction of sp³-hybridized carbons (Fsp3) is 0.500. The van der Waals surface area contributed by atoms with Crippen molar-refractivity contribution in [1.82, 2.24) is 4.90 Å². The predicted octanol–water partition coefficient (Wildman–Crippen LogP) is 1.58. The largest absolute Gasteiger partial charge is 0.411 e. The van der Waals surface area contributed by atoms with Gasteiger partial charge in [-0.15, -0.1) is 5.16 Å². The molecule has 0 spiro atoms. The van der Waals surface area contributed by atoms with Crippen molar-refractivity contribution in [2.75, 3.05) is 19.7 Å². The van der Waals surface area contributed by atoms with Crippen molar-refractivity contribution in [3.05, 3.63) is 35.9 Å². The Morgan fingerprint density at radius 3 is 2.72 bits per heavy atom. The van der Waals surface area contributed by atoms with Gasteiger partial charge in [-0.1, -0.05) is 30.3 Å². The SMILES string of the molecule is OCC1CC(C=NO)CN(Cc2ccccc2)C1. The van der Waals surface area contributed by atoms with E-state index in [4.69, 9.17) is 5.21 Å². The van der Waals surface area contributed by atoms with Crippen molar-refractivity contribution >= 4 is 6.21 Å². The molecule has 0 aliphatic carbocycles. The quantitative estimate of drug-likeness (QED) is 0.483. The number of hydrogen-bond acceptors (Lipinski definition) is 4. The number of likely N-dealkylation sites (tertiary alicyclic amines) is 1. The van der Waals surface area contributed by atoms with Crippen LogP contribution in [0.3, 0.4) is 0 Å². The first-order valence-electron chi connectivity index (χ1n) is 6.36. The maximum Gasteiger partial charge on any atom is 0.0479 e. The summed E-state index contributed by atoms with van der Waals surface area (Å²) in [6, 6.07) is 10.3. The maximum atomic E-state index is 9.33. The van der Waals surface area contributed by atoms with Crippen LogP contribution in [0.4, 0.5) is 0 Å². The second kappa shape index (κ2) is 6.52. The highest BCUT2D eigenvalue weighted by atomic mass is 16.4. The number of aliphatic hydroxyl groups is 1. The lowest BCUT2D eigenvalue weighted by molar-refractivity contribution is 0.0994. The highest BCUT2D eigenvalue weighted by Gasteiger charge is 2.25. The molecule has 1 heterocycles. The minimum atomic E-state index is 0.195. The Bertz CT molecular complexity index is 381. The standard InChI is InChI=1S/C14H20N2O2/c17-11-14-6-13(7-15-18)9-16(10-14)8-12-4-2-1-3-5-12/h1-5,7,13-14,17-18H,6,8-11H2. The highest BCUT2D eigenvalue weighted by molar-refractivity contribution is 5.60. The number of aliphatic hydroxyl groups excluding tert-OH is 1. The maximum absolute atomic E-state index is 9.33. The van der Waals surface area contributed by atoms with Gasteiger partial charge in [0.05, 0.1) is 0 Å². The Balaban J connectivity index is 1.98. The molecule has 18 heavy (non-hydrogen) atoms. The second-order valence-electron chi connectivity index (χ2n) is 4.99. The van der Waals surface area contributed by atoms with Gasteiger partial charge in [0.15, 0.2) is 0 Å². The average molecular weight is 248 g/mol. The van der Waals surface area contributed by atoms with Gasteiger partial charge in [-0.2, -0.15) is 0 Å². The smallest absolute Gasteiger partial charge is 0.0479 e. The lowest BCUT2D eigenvalue weighted by Gasteiger charge is -2.35. The van der Waals surface area contributed by atoms with E-state index < -0.39 is 0 Å². The van der Waals surface area contributed by atoms with Crippen LogP contribution in [0, 0.1) is 11.8 Å². The van der Waals surface area contributed by atoms with E-state index in [2.05, 4.69) is 22.2 Å². The lowest BCUT2D eigenvalue weighted by Crippen LogP contribution is -2.41. The van der Waals surface area contributed by atoms with Crippen LogP contribution in [0.15, 0.2) is 35.5 Å². The van der Waals surface area contributed by atoms with Crippen molar-refractivity contribution < 1.29 is 10.3 Å². The van der Waals surface area contributed by atoms with E-state index in [1.54, 1.807) is 6.21 Å². The normalized spacial score (nSPS) is 25.6. The molecule has 1 aromatic carbocycles. The van der Waals surface area contributed by atoms with Gasteiger partial charge in [0.2, 0.25) is 0 Å². The molecule has 4 heteroatoms. The van der Waals surface area contributed by atoms with Gasteiger partial charge in [0.1, 0.15) is 0 Å². The summed E-state index contributed by atoms with van der Waals surface area (Å²) in [7, 11) is 0. The van der Waals surface area contributed by atoms with Crippen molar-refractivity contribution in [3.63, 3.8) is 0 Å². The van der Waals surface area contributed by atoms with Crippen molar-refractivity contribution in [1.29, 1.82) is 0 Å². The molecule has 2 atom stereocenters. The molecular weight excluding hydrogens is 228 g/mol. The van der Waals surface area contributed by atoms with Gasteiger partial charge in [-0.25, -0.2) is 0 Å². The fourth-order valence-corrected chi connectivity index (χ4v) is 2.65. The summed E-state index contributed by atoms with van der Waals surface area (Å²) in [6.45, 7) is 2.87. The van der Waals surface area contributed by atoms with E-state index in [0.717, 1.165) is 26.1 Å². The van der Waals surface area contributed by atoms with Crippen LogP contribution in [0.25, 0.3) is 0 Å². The van der Waals surface area contributed by atoms with E-state index in [1.807, 2.05) is 18.2 Å². The Hall–Kier alpha value is -1.39. The van der Waals surface area contributed by atoms with E-state index in [9.17, 15) is 5.11 Å². The molecule has 1 aromatic rings. The van der Waals surface area contributed by atoms with Crippen LogP contribution in [-0.2, 0) is 6.54 Å². The predicted molar refractivity (Wildman–Crippen MR) is 70.7 cm³/mol. The van der Waals surface area contributed by atoms with Crippen molar-refractivity contribution in [2.45, 2.75) is 13.0 Å². The second-order valence-corrected chi connectivity index (χ2v) is 4.99. The minimum absolute atomic E-state index is 0.195.